The van der Waals surface area contributed by atoms with Gasteiger partial charge in [-0.15, -0.1) is 10.2 Å². The van der Waals surface area contributed by atoms with Crippen molar-refractivity contribution in [1.82, 2.24) is 14.8 Å². The van der Waals surface area contributed by atoms with E-state index >= 15 is 0 Å². The summed E-state index contributed by atoms with van der Waals surface area (Å²) in [6.45, 7) is 0.310. The fraction of sp³-hybridized carbons (Fsp3) is 0.467. The Bertz CT molecular complexity index is 625. The van der Waals surface area contributed by atoms with Crippen LogP contribution < -0.4 is 10.5 Å². The summed E-state index contributed by atoms with van der Waals surface area (Å²) >= 11 is 1.52. The number of aliphatic hydroxyl groups excluding tert-OH is 1. The number of methoxy groups -OCH3 is 1. The van der Waals surface area contributed by atoms with Gasteiger partial charge in [-0.1, -0.05) is 11.8 Å². The average Bonchev–Trinajstić information content (AvgIpc) is 3.33. The quantitative estimate of drug-likeness (QED) is 0.754. The van der Waals surface area contributed by atoms with Gasteiger partial charge in [0, 0.05) is 11.4 Å². The van der Waals surface area contributed by atoms with E-state index in [1.165, 1.54) is 11.8 Å². The second-order valence-electron chi connectivity index (χ2n) is 5.35. The third-order valence-corrected chi connectivity index (χ3v) is 4.79. The third kappa shape index (κ3) is 3.26. The van der Waals surface area contributed by atoms with Crippen molar-refractivity contribution in [2.75, 3.05) is 12.9 Å². The van der Waals surface area contributed by atoms with E-state index in [-0.39, 0.29) is 6.10 Å². The summed E-state index contributed by atoms with van der Waals surface area (Å²) in [6, 6.07) is 7.68. The number of benzene rings is 1. The lowest BCUT2D eigenvalue weighted by Crippen LogP contribution is -2.13. The minimum absolute atomic E-state index is 0.271. The van der Waals surface area contributed by atoms with E-state index in [0.717, 1.165) is 29.4 Å². The molecule has 118 valence electrons. The molecule has 3 N–H and O–H groups in total. The second kappa shape index (κ2) is 6.68. The minimum Gasteiger partial charge on any atom is -0.497 e. The molecule has 0 unspecified atom stereocenters. The molecular formula is C15H20N4O2S. The number of aromatic nitrogens is 3. The van der Waals surface area contributed by atoms with Crippen molar-refractivity contribution in [1.29, 1.82) is 0 Å². The molecule has 3 rings (SSSR count). The first-order valence-electron chi connectivity index (χ1n) is 7.32. The first-order chi connectivity index (χ1) is 10.7. The molecule has 1 aliphatic carbocycles. The summed E-state index contributed by atoms with van der Waals surface area (Å²) in [5, 5.41) is 19.1. The Balaban J connectivity index is 1.82. The Morgan fingerprint density at radius 3 is 2.68 bits per heavy atom. The molecule has 1 aromatic heterocycles. The van der Waals surface area contributed by atoms with Gasteiger partial charge in [0.15, 0.2) is 11.0 Å². The van der Waals surface area contributed by atoms with Gasteiger partial charge in [-0.25, -0.2) is 0 Å². The lowest BCUT2D eigenvalue weighted by molar-refractivity contribution is 0.176. The zero-order valence-electron chi connectivity index (χ0n) is 12.5. The largest absolute Gasteiger partial charge is 0.497 e. The highest BCUT2D eigenvalue weighted by atomic mass is 32.2. The van der Waals surface area contributed by atoms with Gasteiger partial charge in [-0.05, 0) is 43.0 Å². The molecule has 1 aliphatic rings. The summed E-state index contributed by atoms with van der Waals surface area (Å²) in [6.07, 6.45) is 1.98. The van der Waals surface area contributed by atoms with Crippen molar-refractivity contribution in [3.05, 3.63) is 30.1 Å². The molecule has 1 atom stereocenters. The summed E-state index contributed by atoms with van der Waals surface area (Å²) < 4.78 is 7.12. The molecule has 7 heteroatoms. The van der Waals surface area contributed by atoms with Crippen molar-refractivity contribution >= 4 is 11.8 Å². The monoisotopic (exact) mass is 320 g/mol. The number of ether oxygens (including phenoxy) is 1. The van der Waals surface area contributed by atoms with Gasteiger partial charge < -0.3 is 15.6 Å². The van der Waals surface area contributed by atoms with Crippen molar-refractivity contribution in [2.45, 2.75) is 30.6 Å². The Morgan fingerprint density at radius 2 is 2.09 bits per heavy atom. The maximum atomic E-state index is 10.0. The molecular weight excluding hydrogens is 300 g/mol. The fourth-order valence-corrected chi connectivity index (χ4v) is 3.32. The molecule has 2 aromatic rings. The lowest BCUT2D eigenvalue weighted by Gasteiger charge is -2.12. The Kier molecular flexibility index (Phi) is 4.66. The van der Waals surface area contributed by atoms with Gasteiger partial charge in [0.05, 0.1) is 19.8 Å². The number of nitrogens with two attached hydrogens (primary N) is 1. The SMILES string of the molecule is COc1ccc(-n2c(CN)nnc2SC[C@H](O)C2CC2)cc1. The molecule has 1 aromatic carbocycles. The van der Waals surface area contributed by atoms with Crippen LogP contribution in [0.4, 0.5) is 0 Å². The van der Waals surface area contributed by atoms with E-state index in [0.29, 0.717) is 24.0 Å². The maximum Gasteiger partial charge on any atom is 0.195 e. The van der Waals surface area contributed by atoms with Crippen LogP contribution in [0.5, 0.6) is 5.75 Å². The molecule has 0 spiro atoms. The van der Waals surface area contributed by atoms with Gasteiger partial charge >= 0.3 is 0 Å². The van der Waals surface area contributed by atoms with Gasteiger partial charge in [0.25, 0.3) is 0 Å². The molecule has 6 nitrogen and oxygen atoms in total. The first-order valence-corrected chi connectivity index (χ1v) is 8.31. The van der Waals surface area contributed by atoms with Crippen LogP contribution in [0.3, 0.4) is 0 Å². The molecule has 0 bridgehead atoms. The molecule has 0 radical (unpaired) electrons. The van der Waals surface area contributed by atoms with E-state index in [2.05, 4.69) is 10.2 Å². The molecule has 1 saturated carbocycles. The molecule has 0 saturated heterocycles. The zero-order chi connectivity index (χ0) is 15.5. The number of hydrogen-bond donors (Lipinski definition) is 2. The van der Waals surface area contributed by atoms with Crippen LogP contribution in [0.15, 0.2) is 29.4 Å². The predicted octanol–water partition coefficient (Wildman–Crippen LogP) is 1.60. The third-order valence-electron chi connectivity index (χ3n) is 3.76. The zero-order valence-corrected chi connectivity index (χ0v) is 13.3. The maximum absolute atomic E-state index is 10.0. The highest BCUT2D eigenvalue weighted by Gasteiger charge is 2.30. The molecule has 0 aliphatic heterocycles. The van der Waals surface area contributed by atoms with Crippen molar-refractivity contribution in [3.63, 3.8) is 0 Å². The average molecular weight is 320 g/mol. The van der Waals surface area contributed by atoms with Crippen LogP contribution in [0.1, 0.15) is 18.7 Å². The van der Waals surface area contributed by atoms with Crippen molar-refractivity contribution < 1.29 is 9.84 Å². The first kappa shape index (κ1) is 15.3. The summed E-state index contributed by atoms with van der Waals surface area (Å²) in [5.41, 5.74) is 6.70. The smallest absolute Gasteiger partial charge is 0.195 e. The molecule has 0 amide bonds. The molecule has 1 heterocycles. The predicted molar refractivity (Wildman–Crippen MR) is 85.3 cm³/mol. The fourth-order valence-electron chi connectivity index (χ4n) is 2.29. The van der Waals surface area contributed by atoms with Crippen LogP contribution in [0.2, 0.25) is 0 Å². The van der Waals surface area contributed by atoms with Crippen molar-refractivity contribution in [2.24, 2.45) is 11.7 Å². The van der Waals surface area contributed by atoms with E-state index < -0.39 is 0 Å². The van der Waals surface area contributed by atoms with E-state index in [9.17, 15) is 5.11 Å². The number of hydrogen-bond acceptors (Lipinski definition) is 6. The topological polar surface area (TPSA) is 86.2 Å². The summed E-state index contributed by atoms with van der Waals surface area (Å²) in [5.74, 6) is 2.58. The van der Waals surface area contributed by atoms with Gasteiger partial charge in [0.1, 0.15) is 5.75 Å². The van der Waals surface area contributed by atoms with Gasteiger partial charge in [0.2, 0.25) is 0 Å². The number of nitrogens with zero attached hydrogens (tertiary/aromatic N) is 3. The normalized spacial score (nSPS) is 15.8. The van der Waals surface area contributed by atoms with E-state index in [4.69, 9.17) is 10.5 Å². The summed E-state index contributed by atoms with van der Waals surface area (Å²) in [7, 11) is 1.64. The lowest BCUT2D eigenvalue weighted by atomic mass is 10.3. The van der Waals surface area contributed by atoms with Crippen LogP contribution in [0, 0.1) is 5.92 Å². The number of thioether (sulfide) groups is 1. The van der Waals surface area contributed by atoms with Crippen LogP contribution in [0.25, 0.3) is 5.69 Å². The van der Waals surface area contributed by atoms with Crippen LogP contribution >= 0.6 is 11.8 Å². The Labute approximate surface area is 133 Å². The van der Waals surface area contributed by atoms with Crippen molar-refractivity contribution in [3.8, 4) is 11.4 Å². The highest BCUT2D eigenvalue weighted by molar-refractivity contribution is 7.99. The van der Waals surface area contributed by atoms with Gasteiger partial charge in [-0.3, -0.25) is 4.57 Å². The van der Waals surface area contributed by atoms with E-state index in [1.807, 2.05) is 28.8 Å². The van der Waals surface area contributed by atoms with E-state index in [1.54, 1.807) is 7.11 Å². The van der Waals surface area contributed by atoms with Gasteiger partial charge in [-0.2, -0.15) is 0 Å². The number of aliphatic hydroxyl groups is 1. The Morgan fingerprint density at radius 1 is 1.36 bits per heavy atom. The summed E-state index contributed by atoms with van der Waals surface area (Å²) in [4.78, 5) is 0. The van der Waals surface area contributed by atoms with Crippen LogP contribution in [-0.2, 0) is 6.54 Å². The minimum atomic E-state index is -0.271. The number of rotatable bonds is 7. The highest BCUT2D eigenvalue weighted by Crippen LogP contribution is 2.35. The van der Waals surface area contributed by atoms with Crippen LogP contribution in [-0.4, -0.2) is 38.8 Å². The Hall–Kier alpha value is -1.57. The molecule has 1 fully saturated rings. The second-order valence-corrected chi connectivity index (χ2v) is 6.34. The standard InChI is InChI=1S/C15H20N4O2S/c1-21-12-6-4-11(5-7-12)19-14(8-16)17-18-15(19)22-9-13(20)10-2-3-10/h4-7,10,13,20H,2-3,8-9,16H2,1H3/t13-/m0/s1. The molecule has 22 heavy (non-hydrogen) atoms.